The molecule has 1 heterocycles. The lowest BCUT2D eigenvalue weighted by Crippen LogP contribution is -3.00. The number of halogens is 1. The predicted molar refractivity (Wildman–Crippen MR) is 36.3 cm³/mol. The Balaban J connectivity index is 0.000000810. The lowest BCUT2D eigenvalue weighted by Gasteiger charge is -1.87. The summed E-state index contributed by atoms with van der Waals surface area (Å²) in [5.41, 5.74) is 3.22. The molecule has 0 bridgehead atoms. The quantitative estimate of drug-likeness (QED) is 0.545. The van der Waals surface area contributed by atoms with Crippen LogP contribution in [0, 0.1) is 6.92 Å². The van der Waals surface area contributed by atoms with E-state index in [1.165, 1.54) is 5.69 Å². The second-order valence-corrected chi connectivity index (χ2v) is 2.64. The SMILES string of the molecule is Cc1csc[n+]1CCO.[Br-]. The fourth-order valence-electron chi connectivity index (χ4n) is 0.690. The molecule has 2 nitrogen and oxygen atoms in total. The highest BCUT2D eigenvalue weighted by Gasteiger charge is 2.03. The minimum Gasteiger partial charge on any atom is -1.00 e. The summed E-state index contributed by atoms with van der Waals surface area (Å²) in [5, 5.41) is 10.6. The first-order valence-corrected chi connectivity index (χ1v) is 3.82. The number of thiazole rings is 1. The number of nitrogens with zero attached hydrogens (tertiary/aromatic N) is 1. The van der Waals surface area contributed by atoms with Crippen LogP contribution < -0.4 is 21.5 Å². The number of hydrogen-bond acceptors (Lipinski definition) is 2. The fraction of sp³-hybridized carbons (Fsp3) is 0.500. The average Bonchev–Trinajstić information content (AvgIpc) is 2.18. The summed E-state index contributed by atoms with van der Waals surface area (Å²) in [7, 11) is 0. The van der Waals surface area contributed by atoms with Gasteiger partial charge in [0, 0.05) is 6.92 Å². The second kappa shape index (κ2) is 4.82. The summed E-state index contributed by atoms with van der Waals surface area (Å²) < 4.78 is 2.03. The van der Waals surface area contributed by atoms with Crippen LogP contribution in [-0.2, 0) is 6.54 Å². The van der Waals surface area contributed by atoms with Gasteiger partial charge in [0.05, 0.1) is 5.38 Å². The van der Waals surface area contributed by atoms with Crippen molar-refractivity contribution in [2.45, 2.75) is 13.5 Å². The molecule has 1 N–H and O–H groups in total. The molecule has 0 aromatic carbocycles. The van der Waals surface area contributed by atoms with Crippen molar-refractivity contribution in [2.24, 2.45) is 0 Å². The molecular weight excluding hydrogens is 214 g/mol. The summed E-state index contributed by atoms with van der Waals surface area (Å²) in [6, 6.07) is 0. The van der Waals surface area contributed by atoms with E-state index >= 15 is 0 Å². The van der Waals surface area contributed by atoms with Gasteiger partial charge >= 0.3 is 0 Å². The molecule has 1 aromatic rings. The van der Waals surface area contributed by atoms with E-state index in [4.69, 9.17) is 5.11 Å². The van der Waals surface area contributed by atoms with Gasteiger partial charge in [-0.25, -0.2) is 0 Å². The maximum atomic E-state index is 8.55. The van der Waals surface area contributed by atoms with Gasteiger partial charge in [0.1, 0.15) is 6.61 Å². The van der Waals surface area contributed by atoms with Crippen LogP contribution in [-0.4, -0.2) is 11.7 Å². The Morgan fingerprint density at radius 1 is 1.70 bits per heavy atom. The molecule has 0 saturated heterocycles. The van der Waals surface area contributed by atoms with E-state index in [0.29, 0.717) is 0 Å². The Labute approximate surface area is 74.9 Å². The lowest BCUT2D eigenvalue weighted by molar-refractivity contribution is -0.699. The molecular formula is C6H10BrNOS. The Hall–Kier alpha value is 0.0700. The van der Waals surface area contributed by atoms with Crippen LogP contribution in [0.1, 0.15) is 5.69 Å². The molecule has 1 rings (SSSR count). The smallest absolute Gasteiger partial charge is 0.225 e. The highest BCUT2D eigenvalue weighted by molar-refractivity contribution is 7.07. The monoisotopic (exact) mass is 223 g/mol. The van der Waals surface area contributed by atoms with Gasteiger partial charge in [-0.05, 0) is 0 Å². The molecule has 0 saturated carbocycles. The van der Waals surface area contributed by atoms with Crippen molar-refractivity contribution in [1.29, 1.82) is 0 Å². The second-order valence-electron chi connectivity index (χ2n) is 1.92. The molecule has 0 atom stereocenters. The van der Waals surface area contributed by atoms with Crippen molar-refractivity contribution in [3.63, 3.8) is 0 Å². The third kappa shape index (κ3) is 2.36. The molecule has 4 heteroatoms. The molecule has 0 aliphatic heterocycles. The van der Waals surface area contributed by atoms with Gasteiger partial charge in [-0.2, -0.15) is 4.57 Å². The third-order valence-corrected chi connectivity index (χ3v) is 2.07. The van der Waals surface area contributed by atoms with Crippen LogP contribution in [0.4, 0.5) is 0 Å². The molecule has 0 radical (unpaired) electrons. The first-order chi connectivity index (χ1) is 4.34. The van der Waals surface area contributed by atoms with Gasteiger partial charge in [-0.3, -0.25) is 0 Å². The van der Waals surface area contributed by atoms with E-state index in [9.17, 15) is 0 Å². The van der Waals surface area contributed by atoms with Gasteiger partial charge < -0.3 is 22.1 Å². The summed E-state index contributed by atoms with van der Waals surface area (Å²) in [6.45, 7) is 2.98. The van der Waals surface area contributed by atoms with Gasteiger partial charge in [0.15, 0.2) is 12.2 Å². The Bertz CT molecular complexity index is 190. The van der Waals surface area contributed by atoms with Crippen molar-refractivity contribution in [3.8, 4) is 0 Å². The zero-order valence-electron chi connectivity index (χ0n) is 5.75. The molecule has 58 valence electrons. The summed E-state index contributed by atoms with van der Waals surface area (Å²) in [6.07, 6.45) is 0. The first-order valence-electron chi connectivity index (χ1n) is 2.87. The van der Waals surface area contributed by atoms with Crippen LogP contribution in [0.3, 0.4) is 0 Å². The molecule has 1 aromatic heterocycles. The van der Waals surface area contributed by atoms with Gasteiger partial charge in [-0.1, -0.05) is 11.3 Å². The minimum absolute atomic E-state index is 0. The normalized spacial score (nSPS) is 9.00. The molecule has 0 amide bonds. The van der Waals surface area contributed by atoms with E-state index in [2.05, 4.69) is 5.38 Å². The van der Waals surface area contributed by atoms with Crippen LogP contribution in [0.25, 0.3) is 0 Å². The number of aliphatic hydroxyl groups excluding tert-OH is 1. The fourth-order valence-corrected chi connectivity index (χ4v) is 1.50. The standard InChI is InChI=1S/C6H10NOS.BrH/c1-6-4-9-5-7(6)2-3-8;/h4-5,8H,2-3H2,1H3;1H/q+1;/p-1. The van der Waals surface area contributed by atoms with Gasteiger partial charge in [-0.15, -0.1) is 0 Å². The van der Waals surface area contributed by atoms with Crippen LogP contribution in [0.5, 0.6) is 0 Å². The van der Waals surface area contributed by atoms with Crippen molar-refractivity contribution in [3.05, 3.63) is 16.6 Å². The van der Waals surface area contributed by atoms with Crippen molar-refractivity contribution < 1.29 is 26.7 Å². The predicted octanol–water partition coefficient (Wildman–Crippen LogP) is -2.66. The van der Waals surface area contributed by atoms with Gasteiger partial charge in [0.2, 0.25) is 5.51 Å². The number of rotatable bonds is 2. The van der Waals surface area contributed by atoms with Crippen LogP contribution >= 0.6 is 11.3 Å². The number of hydrogen-bond donors (Lipinski definition) is 1. The zero-order valence-corrected chi connectivity index (χ0v) is 8.15. The Kier molecular flexibility index (Phi) is 4.85. The summed E-state index contributed by atoms with van der Waals surface area (Å²) >= 11 is 1.66. The van der Waals surface area contributed by atoms with E-state index in [-0.39, 0.29) is 23.6 Å². The molecule has 0 spiro atoms. The van der Waals surface area contributed by atoms with Crippen LogP contribution in [0.2, 0.25) is 0 Å². The molecule has 0 aliphatic carbocycles. The maximum absolute atomic E-state index is 8.55. The van der Waals surface area contributed by atoms with E-state index in [0.717, 1.165) is 6.54 Å². The largest absolute Gasteiger partial charge is 1.00 e. The number of aromatic nitrogens is 1. The average molecular weight is 224 g/mol. The number of aliphatic hydroxyl groups is 1. The van der Waals surface area contributed by atoms with Crippen molar-refractivity contribution >= 4 is 11.3 Å². The summed E-state index contributed by atoms with van der Waals surface area (Å²) in [4.78, 5) is 0. The number of aryl methyl sites for hydroxylation is 1. The van der Waals surface area contributed by atoms with E-state index < -0.39 is 0 Å². The topological polar surface area (TPSA) is 24.1 Å². The maximum Gasteiger partial charge on any atom is 0.225 e. The molecule has 0 fully saturated rings. The first kappa shape index (κ1) is 10.1. The molecule has 0 unspecified atom stereocenters. The molecule has 10 heavy (non-hydrogen) atoms. The lowest BCUT2D eigenvalue weighted by atomic mass is 10.5. The molecule has 0 aliphatic rings. The highest BCUT2D eigenvalue weighted by Crippen LogP contribution is 1.95. The Morgan fingerprint density at radius 2 is 2.40 bits per heavy atom. The van der Waals surface area contributed by atoms with E-state index in [1.54, 1.807) is 11.3 Å². The highest BCUT2D eigenvalue weighted by atomic mass is 79.9. The van der Waals surface area contributed by atoms with Crippen molar-refractivity contribution in [1.82, 2.24) is 0 Å². The third-order valence-electron chi connectivity index (χ3n) is 1.22. The Morgan fingerprint density at radius 3 is 2.80 bits per heavy atom. The van der Waals surface area contributed by atoms with E-state index in [1.807, 2.05) is 17.0 Å². The zero-order chi connectivity index (χ0) is 6.69. The summed E-state index contributed by atoms with van der Waals surface area (Å²) in [5.74, 6) is 0. The minimum atomic E-state index is 0. The van der Waals surface area contributed by atoms with Crippen LogP contribution in [0.15, 0.2) is 10.9 Å². The van der Waals surface area contributed by atoms with Gasteiger partial charge in [0.25, 0.3) is 0 Å². The van der Waals surface area contributed by atoms with Crippen molar-refractivity contribution in [2.75, 3.05) is 6.61 Å².